The van der Waals surface area contributed by atoms with Crippen molar-refractivity contribution in [1.82, 2.24) is 10.2 Å². The standard InChI is InChI=1S/C14H35N5/c1-19(2)12-4-11-18-14(8-10-16)6-3-5-13(17)7-9-15/h13-14,18H,3-12,15-17H2,1-2H3. The van der Waals surface area contributed by atoms with E-state index in [0.717, 1.165) is 51.7 Å². The summed E-state index contributed by atoms with van der Waals surface area (Å²) < 4.78 is 0. The second-order valence-electron chi connectivity index (χ2n) is 5.65. The lowest BCUT2D eigenvalue weighted by atomic mass is 10.0. The highest BCUT2D eigenvalue weighted by Crippen LogP contribution is 2.07. The zero-order valence-electron chi connectivity index (χ0n) is 12.9. The van der Waals surface area contributed by atoms with Crippen LogP contribution in [0.3, 0.4) is 0 Å². The van der Waals surface area contributed by atoms with Crippen molar-refractivity contribution in [3.8, 4) is 0 Å². The summed E-state index contributed by atoms with van der Waals surface area (Å²) in [7, 11) is 4.21. The molecule has 0 amide bonds. The molecule has 0 radical (unpaired) electrons. The van der Waals surface area contributed by atoms with Gasteiger partial charge in [0.1, 0.15) is 0 Å². The summed E-state index contributed by atoms with van der Waals surface area (Å²) in [6.07, 6.45) is 6.55. The molecule has 7 N–H and O–H groups in total. The van der Waals surface area contributed by atoms with Gasteiger partial charge in [-0.2, -0.15) is 0 Å². The average molecular weight is 273 g/mol. The van der Waals surface area contributed by atoms with E-state index in [2.05, 4.69) is 24.3 Å². The van der Waals surface area contributed by atoms with Gasteiger partial charge in [-0.15, -0.1) is 0 Å². The van der Waals surface area contributed by atoms with E-state index in [1.54, 1.807) is 0 Å². The number of nitrogens with one attached hydrogen (secondary N) is 1. The summed E-state index contributed by atoms with van der Waals surface area (Å²) in [5, 5.41) is 3.61. The summed E-state index contributed by atoms with van der Waals surface area (Å²) in [6, 6.07) is 0.800. The molecule has 0 aromatic heterocycles. The Hall–Kier alpha value is -0.200. The van der Waals surface area contributed by atoms with Crippen LogP contribution in [0.15, 0.2) is 0 Å². The average Bonchev–Trinajstić information content (AvgIpc) is 2.34. The van der Waals surface area contributed by atoms with Crippen LogP contribution in [-0.4, -0.2) is 57.3 Å². The molecule has 0 rings (SSSR count). The van der Waals surface area contributed by atoms with Gasteiger partial charge in [-0.05, 0) is 72.4 Å². The molecule has 0 saturated heterocycles. The third-order valence-electron chi connectivity index (χ3n) is 3.40. The van der Waals surface area contributed by atoms with Crippen molar-refractivity contribution in [3.63, 3.8) is 0 Å². The number of nitrogens with two attached hydrogens (primary N) is 3. The molecule has 5 heteroatoms. The van der Waals surface area contributed by atoms with Crippen molar-refractivity contribution in [2.24, 2.45) is 17.2 Å². The largest absolute Gasteiger partial charge is 0.330 e. The maximum Gasteiger partial charge on any atom is 0.00790 e. The zero-order valence-corrected chi connectivity index (χ0v) is 12.9. The third-order valence-corrected chi connectivity index (χ3v) is 3.40. The van der Waals surface area contributed by atoms with Crippen LogP contribution in [0.1, 0.15) is 38.5 Å². The van der Waals surface area contributed by atoms with Gasteiger partial charge in [-0.3, -0.25) is 0 Å². The Balaban J connectivity index is 3.67. The van der Waals surface area contributed by atoms with Crippen molar-refractivity contribution in [1.29, 1.82) is 0 Å². The molecule has 19 heavy (non-hydrogen) atoms. The van der Waals surface area contributed by atoms with Gasteiger partial charge in [-0.25, -0.2) is 0 Å². The van der Waals surface area contributed by atoms with Crippen molar-refractivity contribution in [2.75, 3.05) is 40.3 Å². The molecule has 2 unspecified atom stereocenters. The summed E-state index contributed by atoms with van der Waals surface area (Å²) in [5.41, 5.74) is 17.1. The molecular formula is C14H35N5. The first-order valence-electron chi connectivity index (χ1n) is 7.64. The van der Waals surface area contributed by atoms with E-state index in [0.29, 0.717) is 12.6 Å². The Morgan fingerprint density at radius 2 is 1.63 bits per heavy atom. The Bertz CT molecular complexity index is 187. The van der Waals surface area contributed by atoms with E-state index in [1.165, 1.54) is 6.42 Å². The first kappa shape index (κ1) is 18.8. The molecule has 0 aliphatic heterocycles. The number of nitrogens with zero attached hydrogens (tertiary/aromatic N) is 1. The minimum absolute atomic E-state index is 0.261. The van der Waals surface area contributed by atoms with Crippen molar-refractivity contribution in [3.05, 3.63) is 0 Å². The predicted octanol–water partition coefficient (Wildman–Crippen LogP) is 0.0915. The smallest absolute Gasteiger partial charge is 0.00790 e. The molecule has 2 atom stereocenters. The van der Waals surface area contributed by atoms with E-state index < -0.39 is 0 Å². The predicted molar refractivity (Wildman–Crippen MR) is 84.1 cm³/mol. The lowest BCUT2D eigenvalue weighted by Crippen LogP contribution is -2.34. The minimum Gasteiger partial charge on any atom is -0.330 e. The van der Waals surface area contributed by atoms with Crippen molar-refractivity contribution < 1.29 is 0 Å². The normalized spacial score (nSPS) is 14.8. The van der Waals surface area contributed by atoms with Gasteiger partial charge in [0.05, 0.1) is 0 Å². The van der Waals surface area contributed by atoms with E-state index in [9.17, 15) is 0 Å². The van der Waals surface area contributed by atoms with Crippen LogP contribution in [0.2, 0.25) is 0 Å². The number of hydrogen-bond acceptors (Lipinski definition) is 5. The molecule has 0 saturated carbocycles. The van der Waals surface area contributed by atoms with E-state index >= 15 is 0 Å². The lowest BCUT2D eigenvalue weighted by Gasteiger charge is -2.19. The van der Waals surface area contributed by atoms with Crippen LogP contribution in [0, 0.1) is 0 Å². The molecule has 0 bridgehead atoms. The van der Waals surface area contributed by atoms with Gasteiger partial charge < -0.3 is 27.4 Å². The van der Waals surface area contributed by atoms with Crippen molar-refractivity contribution in [2.45, 2.75) is 50.6 Å². The van der Waals surface area contributed by atoms with Crippen LogP contribution in [0.4, 0.5) is 0 Å². The maximum absolute atomic E-state index is 5.97. The van der Waals surface area contributed by atoms with E-state index in [1.807, 2.05) is 0 Å². The highest BCUT2D eigenvalue weighted by atomic mass is 15.1. The maximum atomic E-state index is 5.97. The monoisotopic (exact) mass is 273 g/mol. The highest BCUT2D eigenvalue weighted by Gasteiger charge is 2.08. The fourth-order valence-corrected chi connectivity index (χ4v) is 2.24. The fraction of sp³-hybridized carbons (Fsp3) is 1.00. The first-order chi connectivity index (χ1) is 9.10. The Kier molecular flexibility index (Phi) is 12.7. The van der Waals surface area contributed by atoms with Crippen LogP contribution in [0.25, 0.3) is 0 Å². The van der Waals surface area contributed by atoms with Gasteiger partial charge in [0.25, 0.3) is 0 Å². The Morgan fingerprint density at radius 1 is 0.947 bits per heavy atom. The molecule has 0 fully saturated rings. The van der Waals surface area contributed by atoms with Crippen LogP contribution >= 0.6 is 0 Å². The second-order valence-corrected chi connectivity index (χ2v) is 5.65. The Labute approximate surface area is 119 Å². The quantitative estimate of drug-likeness (QED) is 0.357. The molecule has 0 aliphatic carbocycles. The molecule has 5 nitrogen and oxygen atoms in total. The Morgan fingerprint density at radius 3 is 2.21 bits per heavy atom. The minimum atomic E-state index is 0.261. The lowest BCUT2D eigenvalue weighted by molar-refractivity contribution is 0.372. The number of rotatable bonds is 13. The molecule has 0 aliphatic rings. The van der Waals surface area contributed by atoms with Crippen molar-refractivity contribution >= 4 is 0 Å². The van der Waals surface area contributed by atoms with Gasteiger partial charge >= 0.3 is 0 Å². The van der Waals surface area contributed by atoms with Gasteiger partial charge in [0.15, 0.2) is 0 Å². The van der Waals surface area contributed by atoms with E-state index in [4.69, 9.17) is 17.2 Å². The molecule has 0 aromatic rings. The van der Waals surface area contributed by atoms with Gasteiger partial charge in [0, 0.05) is 12.1 Å². The van der Waals surface area contributed by atoms with Crippen LogP contribution in [0.5, 0.6) is 0 Å². The van der Waals surface area contributed by atoms with Crippen LogP contribution in [-0.2, 0) is 0 Å². The molecule has 0 aromatic carbocycles. The van der Waals surface area contributed by atoms with Gasteiger partial charge in [-0.1, -0.05) is 6.42 Å². The molecule has 116 valence electrons. The third kappa shape index (κ3) is 12.6. The summed E-state index contributed by atoms with van der Waals surface area (Å²) >= 11 is 0. The highest BCUT2D eigenvalue weighted by molar-refractivity contribution is 4.70. The zero-order chi connectivity index (χ0) is 14.5. The molecule has 0 heterocycles. The number of hydrogen-bond donors (Lipinski definition) is 4. The molecule has 0 spiro atoms. The van der Waals surface area contributed by atoms with Gasteiger partial charge in [0.2, 0.25) is 0 Å². The fourth-order valence-electron chi connectivity index (χ4n) is 2.24. The SMILES string of the molecule is CN(C)CCCNC(CCN)CCCC(N)CCN. The topological polar surface area (TPSA) is 93.3 Å². The second kappa shape index (κ2) is 12.8. The molecular weight excluding hydrogens is 238 g/mol. The summed E-state index contributed by atoms with van der Waals surface area (Å²) in [6.45, 7) is 3.64. The summed E-state index contributed by atoms with van der Waals surface area (Å²) in [5.74, 6) is 0. The van der Waals surface area contributed by atoms with Crippen LogP contribution < -0.4 is 22.5 Å². The van der Waals surface area contributed by atoms with E-state index in [-0.39, 0.29) is 6.04 Å². The first-order valence-corrected chi connectivity index (χ1v) is 7.64. The summed E-state index contributed by atoms with van der Waals surface area (Å²) in [4.78, 5) is 2.21.